The molecule has 2 aromatic rings. The van der Waals surface area contributed by atoms with Crippen molar-refractivity contribution in [2.75, 3.05) is 22.6 Å². The van der Waals surface area contributed by atoms with Crippen molar-refractivity contribution in [3.8, 4) is 0 Å². The van der Waals surface area contributed by atoms with Crippen molar-refractivity contribution in [2.45, 2.75) is 59.1 Å². The van der Waals surface area contributed by atoms with Gasteiger partial charge in [0.15, 0.2) is 5.13 Å². The van der Waals surface area contributed by atoms with Crippen LogP contribution in [-0.2, 0) is 15.9 Å². The lowest BCUT2D eigenvalue weighted by atomic mass is 10.1. The van der Waals surface area contributed by atoms with E-state index in [9.17, 15) is 9.59 Å². The number of thiazole rings is 1. The second-order valence-corrected chi connectivity index (χ2v) is 9.45. The van der Waals surface area contributed by atoms with Crippen LogP contribution in [0.4, 0.5) is 26.2 Å². The summed E-state index contributed by atoms with van der Waals surface area (Å²) in [6.07, 6.45) is 0.829. The molecule has 0 radical (unpaired) electrons. The molecule has 30 heavy (non-hydrogen) atoms. The molecule has 0 spiro atoms. The first-order valence-corrected chi connectivity index (χ1v) is 10.4. The van der Waals surface area contributed by atoms with Crippen molar-refractivity contribution in [2.24, 2.45) is 0 Å². The molecular formula is C20H29N5O4S. The van der Waals surface area contributed by atoms with Gasteiger partial charge in [0.2, 0.25) is 0 Å². The fourth-order valence-corrected chi connectivity index (χ4v) is 3.15. The normalized spacial score (nSPS) is 11.7. The third-order valence-electron chi connectivity index (χ3n) is 3.60. The SMILES string of the molecule is CC(C)(C)OC(=O)Nc1nc(CCOC(=O)N(c2ccc(N)cn2)C(C)(C)C)cs1. The summed E-state index contributed by atoms with van der Waals surface area (Å²) in [6.45, 7) is 11.2. The Balaban J connectivity index is 1.92. The van der Waals surface area contributed by atoms with Crippen molar-refractivity contribution < 1.29 is 19.1 Å². The highest BCUT2D eigenvalue weighted by atomic mass is 32.1. The van der Waals surface area contributed by atoms with Crippen LogP contribution in [0.1, 0.15) is 47.2 Å². The summed E-state index contributed by atoms with van der Waals surface area (Å²) in [5.74, 6) is 0.458. The van der Waals surface area contributed by atoms with Crippen LogP contribution in [0.3, 0.4) is 0 Å². The first-order valence-electron chi connectivity index (χ1n) is 9.48. The summed E-state index contributed by atoms with van der Waals surface area (Å²) in [4.78, 5) is 34.5. The van der Waals surface area contributed by atoms with E-state index < -0.39 is 23.3 Å². The van der Waals surface area contributed by atoms with Crippen molar-refractivity contribution in [3.05, 3.63) is 29.4 Å². The van der Waals surface area contributed by atoms with Gasteiger partial charge in [0.25, 0.3) is 0 Å². The second kappa shape index (κ2) is 9.29. The maximum Gasteiger partial charge on any atom is 0.415 e. The maximum absolute atomic E-state index is 12.7. The number of pyridine rings is 1. The van der Waals surface area contributed by atoms with Crippen LogP contribution in [0.5, 0.6) is 0 Å². The van der Waals surface area contributed by atoms with E-state index in [0.29, 0.717) is 28.8 Å². The Hall–Kier alpha value is -2.88. The molecule has 0 aliphatic rings. The molecule has 2 heterocycles. The standard InChI is InChI=1S/C20H29N5O4S/c1-19(2,3)25(15-8-7-13(21)11-22-15)18(27)28-10-9-14-12-30-16(23-14)24-17(26)29-20(4,5)6/h7-8,11-12H,9-10,21H2,1-6H3,(H,23,24,26). The van der Waals surface area contributed by atoms with Crippen molar-refractivity contribution >= 4 is 40.2 Å². The van der Waals surface area contributed by atoms with Gasteiger partial charge in [-0.1, -0.05) is 0 Å². The number of hydrogen-bond donors (Lipinski definition) is 2. The molecule has 0 atom stereocenters. The predicted molar refractivity (Wildman–Crippen MR) is 118 cm³/mol. The highest BCUT2D eigenvalue weighted by Gasteiger charge is 2.30. The molecule has 10 heteroatoms. The molecule has 0 saturated carbocycles. The topological polar surface area (TPSA) is 120 Å². The molecule has 2 amide bonds. The van der Waals surface area contributed by atoms with Gasteiger partial charge in [-0.2, -0.15) is 0 Å². The Morgan fingerprint density at radius 3 is 2.47 bits per heavy atom. The lowest BCUT2D eigenvalue weighted by Gasteiger charge is -2.33. The van der Waals surface area contributed by atoms with Crippen LogP contribution < -0.4 is 16.0 Å². The summed E-state index contributed by atoms with van der Waals surface area (Å²) >= 11 is 1.28. The van der Waals surface area contributed by atoms with Gasteiger partial charge in [0.1, 0.15) is 11.4 Å². The molecule has 0 unspecified atom stereocenters. The number of ether oxygens (including phenoxy) is 2. The van der Waals surface area contributed by atoms with Gasteiger partial charge in [-0.3, -0.25) is 10.2 Å². The summed E-state index contributed by atoms with van der Waals surface area (Å²) in [5, 5.41) is 4.81. The van der Waals surface area contributed by atoms with E-state index in [0.717, 1.165) is 0 Å². The van der Waals surface area contributed by atoms with Gasteiger partial charge in [-0.15, -0.1) is 11.3 Å². The highest BCUT2D eigenvalue weighted by molar-refractivity contribution is 7.13. The van der Waals surface area contributed by atoms with Crippen LogP contribution >= 0.6 is 11.3 Å². The third kappa shape index (κ3) is 7.18. The number of rotatable bonds is 5. The van der Waals surface area contributed by atoms with E-state index in [1.165, 1.54) is 22.4 Å². The average molecular weight is 436 g/mol. The van der Waals surface area contributed by atoms with E-state index in [2.05, 4.69) is 15.3 Å². The Kier molecular flexibility index (Phi) is 7.25. The number of anilines is 3. The molecule has 0 aromatic carbocycles. The van der Waals surface area contributed by atoms with Gasteiger partial charge >= 0.3 is 12.2 Å². The molecule has 0 bridgehead atoms. The monoisotopic (exact) mass is 435 g/mol. The zero-order chi connectivity index (χ0) is 22.5. The fraction of sp³-hybridized carbons (Fsp3) is 0.500. The summed E-state index contributed by atoms with van der Waals surface area (Å²) < 4.78 is 10.6. The summed E-state index contributed by atoms with van der Waals surface area (Å²) in [7, 11) is 0. The summed E-state index contributed by atoms with van der Waals surface area (Å²) in [6, 6.07) is 3.36. The lowest BCUT2D eigenvalue weighted by Crippen LogP contribution is -2.46. The molecule has 0 fully saturated rings. The number of carbonyl (C=O) groups excluding carboxylic acids is 2. The van der Waals surface area contributed by atoms with E-state index in [4.69, 9.17) is 15.2 Å². The average Bonchev–Trinajstić information content (AvgIpc) is 3.01. The Labute approximate surface area is 180 Å². The number of carbonyl (C=O) groups is 2. The fourth-order valence-electron chi connectivity index (χ4n) is 2.42. The number of amides is 2. The maximum atomic E-state index is 12.7. The van der Waals surface area contributed by atoms with E-state index in [-0.39, 0.29) is 6.61 Å². The predicted octanol–water partition coefficient (Wildman–Crippen LogP) is 4.45. The molecule has 2 rings (SSSR count). The van der Waals surface area contributed by atoms with Gasteiger partial charge in [0.05, 0.1) is 24.2 Å². The van der Waals surface area contributed by atoms with Gasteiger partial charge < -0.3 is 15.2 Å². The quantitative estimate of drug-likeness (QED) is 0.712. The minimum Gasteiger partial charge on any atom is -0.449 e. The molecule has 9 nitrogen and oxygen atoms in total. The largest absolute Gasteiger partial charge is 0.449 e. The molecule has 0 saturated heterocycles. The van der Waals surface area contributed by atoms with Crippen molar-refractivity contribution in [1.29, 1.82) is 0 Å². The van der Waals surface area contributed by atoms with Crippen LogP contribution in [0.15, 0.2) is 23.7 Å². The minimum atomic E-state index is -0.587. The van der Waals surface area contributed by atoms with Crippen molar-refractivity contribution in [3.63, 3.8) is 0 Å². The zero-order valence-electron chi connectivity index (χ0n) is 18.2. The van der Waals surface area contributed by atoms with Crippen molar-refractivity contribution in [1.82, 2.24) is 9.97 Å². The number of nitrogen functional groups attached to an aromatic ring is 1. The van der Waals surface area contributed by atoms with Gasteiger partial charge in [0, 0.05) is 17.3 Å². The van der Waals surface area contributed by atoms with Crippen LogP contribution in [0.25, 0.3) is 0 Å². The smallest absolute Gasteiger partial charge is 0.415 e. The first-order chi connectivity index (χ1) is 13.8. The number of hydrogen-bond acceptors (Lipinski definition) is 8. The third-order valence-corrected chi connectivity index (χ3v) is 4.40. The van der Waals surface area contributed by atoms with E-state index in [1.54, 1.807) is 38.3 Å². The minimum absolute atomic E-state index is 0.135. The van der Waals surface area contributed by atoms with E-state index in [1.807, 2.05) is 20.8 Å². The molecule has 3 N–H and O–H groups in total. The van der Waals surface area contributed by atoms with Crippen LogP contribution in [-0.4, -0.2) is 39.9 Å². The Bertz CT molecular complexity index is 869. The molecule has 164 valence electrons. The number of aromatic nitrogens is 2. The van der Waals surface area contributed by atoms with E-state index >= 15 is 0 Å². The molecule has 0 aliphatic carbocycles. The number of nitrogens with zero attached hydrogens (tertiary/aromatic N) is 3. The van der Waals surface area contributed by atoms with Gasteiger partial charge in [-0.05, 0) is 53.7 Å². The number of nitrogens with two attached hydrogens (primary N) is 1. The first kappa shape index (κ1) is 23.4. The molecule has 2 aromatic heterocycles. The van der Waals surface area contributed by atoms with Crippen LogP contribution in [0.2, 0.25) is 0 Å². The lowest BCUT2D eigenvalue weighted by molar-refractivity contribution is 0.0636. The van der Waals surface area contributed by atoms with Gasteiger partial charge in [-0.25, -0.2) is 19.6 Å². The Morgan fingerprint density at radius 2 is 1.90 bits per heavy atom. The summed E-state index contributed by atoms with van der Waals surface area (Å²) in [5.41, 5.74) is 5.77. The molecule has 0 aliphatic heterocycles. The Morgan fingerprint density at radius 1 is 1.20 bits per heavy atom. The zero-order valence-corrected chi connectivity index (χ0v) is 19.0. The number of nitrogens with one attached hydrogen (secondary N) is 1. The molecular weight excluding hydrogens is 406 g/mol. The second-order valence-electron chi connectivity index (χ2n) is 8.59. The van der Waals surface area contributed by atoms with Crippen LogP contribution in [0, 0.1) is 0 Å². The highest BCUT2D eigenvalue weighted by Crippen LogP contribution is 2.24.